The Labute approximate surface area is 100 Å². The molecule has 3 heteroatoms. The molecule has 0 aliphatic carbocycles. The van der Waals surface area contributed by atoms with Gasteiger partial charge in [0.15, 0.2) is 0 Å². The van der Waals surface area contributed by atoms with Gasteiger partial charge in [0.1, 0.15) is 0 Å². The molecule has 0 bridgehead atoms. The minimum absolute atomic E-state index is 0.0334. The fourth-order valence-corrected chi connectivity index (χ4v) is 1.88. The summed E-state index contributed by atoms with van der Waals surface area (Å²) in [7, 11) is 0. The van der Waals surface area contributed by atoms with Crippen LogP contribution < -0.4 is 11.1 Å². The van der Waals surface area contributed by atoms with Gasteiger partial charge in [-0.05, 0) is 18.8 Å². The van der Waals surface area contributed by atoms with Gasteiger partial charge in [0.25, 0.3) is 0 Å². The van der Waals surface area contributed by atoms with Gasteiger partial charge in [-0.25, -0.2) is 0 Å². The van der Waals surface area contributed by atoms with Crippen molar-refractivity contribution < 1.29 is 4.79 Å². The monoisotopic (exact) mass is 228 g/mol. The number of carbonyl (C=O) groups excluding carboxylic acids is 1. The maximum atomic E-state index is 11.7. The van der Waals surface area contributed by atoms with Gasteiger partial charge in [0.2, 0.25) is 5.91 Å². The minimum atomic E-state index is -0.0334. The quantitative estimate of drug-likeness (QED) is 0.702. The molecule has 0 aliphatic rings. The topological polar surface area (TPSA) is 55.1 Å². The van der Waals surface area contributed by atoms with Crippen LogP contribution in [0, 0.1) is 11.8 Å². The Morgan fingerprint density at radius 1 is 1.19 bits per heavy atom. The zero-order chi connectivity index (χ0) is 12.7. The fraction of sp³-hybridized carbons (Fsp3) is 0.923. The Morgan fingerprint density at radius 2 is 1.69 bits per heavy atom. The second-order valence-electron chi connectivity index (χ2n) is 5.04. The van der Waals surface area contributed by atoms with Gasteiger partial charge >= 0.3 is 0 Å². The first-order chi connectivity index (χ1) is 7.42. The van der Waals surface area contributed by atoms with Gasteiger partial charge in [-0.2, -0.15) is 0 Å². The molecule has 0 fully saturated rings. The van der Waals surface area contributed by atoms with Gasteiger partial charge in [0, 0.05) is 18.5 Å². The Balaban J connectivity index is 4.04. The van der Waals surface area contributed by atoms with Gasteiger partial charge in [0.05, 0.1) is 0 Å². The number of rotatable bonds is 7. The minimum Gasteiger partial charge on any atom is -0.353 e. The van der Waals surface area contributed by atoms with Crippen molar-refractivity contribution >= 4 is 5.91 Å². The fourth-order valence-electron chi connectivity index (χ4n) is 1.88. The average Bonchev–Trinajstić information content (AvgIpc) is 2.18. The third kappa shape index (κ3) is 5.50. The molecule has 0 saturated carbocycles. The summed E-state index contributed by atoms with van der Waals surface area (Å²) in [6.07, 6.45) is 2.64. The van der Waals surface area contributed by atoms with E-state index in [9.17, 15) is 4.79 Å². The van der Waals surface area contributed by atoms with Crippen LogP contribution in [0.3, 0.4) is 0 Å². The molecule has 3 N–H and O–H groups in total. The van der Waals surface area contributed by atoms with Crippen molar-refractivity contribution in [2.45, 2.75) is 66.0 Å². The summed E-state index contributed by atoms with van der Waals surface area (Å²) in [6.45, 7) is 10.5. The van der Waals surface area contributed by atoms with E-state index in [0.717, 1.165) is 12.8 Å². The molecule has 0 saturated heterocycles. The summed E-state index contributed by atoms with van der Waals surface area (Å²) in [6, 6.07) is 0.218. The van der Waals surface area contributed by atoms with E-state index in [0.29, 0.717) is 18.3 Å². The predicted molar refractivity (Wildman–Crippen MR) is 69.1 cm³/mol. The highest BCUT2D eigenvalue weighted by molar-refractivity contribution is 5.76. The average molecular weight is 228 g/mol. The van der Waals surface area contributed by atoms with E-state index in [1.807, 2.05) is 13.8 Å². The number of nitrogens with two attached hydrogens (primary N) is 1. The van der Waals surface area contributed by atoms with Crippen LogP contribution in [0.1, 0.15) is 53.9 Å². The molecule has 0 heterocycles. The lowest BCUT2D eigenvalue weighted by molar-refractivity contribution is -0.122. The second-order valence-corrected chi connectivity index (χ2v) is 5.04. The number of hydrogen-bond donors (Lipinski definition) is 2. The van der Waals surface area contributed by atoms with Crippen LogP contribution in [0.5, 0.6) is 0 Å². The molecule has 1 amide bonds. The molecule has 2 unspecified atom stereocenters. The lowest BCUT2D eigenvalue weighted by atomic mass is 9.95. The van der Waals surface area contributed by atoms with Gasteiger partial charge in [-0.1, -0.05) is 40.5 Å². The Hall–Kier alpha value is -0.570. The van der Waals surface area contributed by atoms with Crippen molar-refractivity contribution in [1.82, 2.24) is 5.32 Å². The Morgan fingerprint density at radius 3 is 2.06 bits per heavy atom. The molecule has 0 aliphatic heterocycles. The van der Waals surface area contributed by atoms with Crippen LogP contribution in [0.25, 0.3) is 0 Å². The van der Waals surface area contributed by atoms with Crippen molar-refractivity contribution in [2.24, 2.45) is 17.6 Å². The van der Waals surface area contributed by atoms with Crippen molar-refractivity contribution in [1.29, 1.82) is 0 Å². The summed E-state index contributed by atoms with van der Waals surface area (Å²) < 4.78 is 0. The first kappa shape index (κ1) is 15.4. The molecule has 0 spiro atoms. The molecule has 0 rings (SSSR count). The smallest absolute Gasteiger partial charge is 0.221 e. The third-order valence-electron chi connectivity index (χ3n) is 3.42. The SMILES string of the molecule is CCC(CC)C(C)NC(=O)CC(N)C(C)C. The molecule has 0 radical (unpaired) electrons. The predicted octanol–water partition coefficient (Wildman–Crippen LogP) is 2.30. The molecule has 96 valence electrons. The molecule has 0 aromatic carbocycles. The largest absolute Gasteiger partial charge is 0.353 e. The van der Waals surface area contributed by atoms with E-state index < -0.39 is 0 Å². The highest BCUT2D eigenvalue weighted by Crippen LogP contribution is 2.13. The third-order valence-corrected chi connectivity index (χ3v) is 3.42. The highest BCUT2D eigenvalue weighted by Gasteiger charge is 2.18. The summed E-state index contributed by atoms with van der Waals surface area (Å²) in [4.78, 5) is 11.7. The summed E-state index contributed by atoms with van der Waals surface area (Å²) >= 11 is 0. The number of carbonyl (C=O) groups is 1. The molecule has 16 heavy (non-hydrogen) atoms. The van der Waals surface area contributed by atoms with E-state index in [2.05, 4.69) is 26.1 Å². The first-order valence-corrected chi connectivity index (χ1v) is 6.47. The molecule has 0 aromatic heterocycles. The molecule has 3 nitrogen and oxygen atoms in total. The van der Waals surface area contributed by atoms with Gasteiger partial charge in [-0.3, -0.25) is 4.79 Å². The lowest BCUT2D eigenvalue weighted by Gasteiger charge is -2.24. The Bertz CT molecular complexity index is 200. The molecular weight excluding hydrogens is 200 g/mol. The molecule has 0 aromatic rings. The van der Waals surface area contributed by atoms with Crippen LogP contribution >= 0.6 is 0 Å². The van der Waals surface area contributed by atoms with Gasteiger partial charge in [-0.15, -0.1) is 0 Å². The van der Waals surface area contributed by atoms with E-state index >= 15 is 0 Å². The first-order valence-electron chi connectivity index (χ1n) is 6.47. The normalized spacial score (nSPS) is 15.2. The lowest BCUT2D eigenvalue weighted by Crippen LogP contribution is -2.41. The number of amides is 1. The van der Waals surface area contributed by atoms with Crippen LogP contribution in [-0.4, -0.2) is 18.0 Å². The van der Waals surface area contributed by atoms with Crippen molar-refractivity contribution in [2.75, 3.05) is 0 Å². The van der Waals surface area contributed by atoms with E-state index in [1.165, 1.54) is 0 Å². The van der Waals surface area contributed by atoms with Crippen molar-refractivity contribution in [3.05, 3.63) is 0 Å². The zero-order valence-electron chi connectivity index (χ0n) is 11.4. The van der Waals surface area contributed by atoms with E-state index in [4.69, 9.17) is 5.73 Å². The van der Waals surface area contributed by atoms with E-state index in [-0.39, 0.29) is 18.0 Å². The van der Waals surface area contributed by atoms with Crippen molar-refractivity contribution in [3.63, 3.8) is 0 Å². The second kappa shape index (κ2) is 7.66. The zero-order valence-corrected chi connectivity index (χ0v) is 11.4. The number of hydrogen-bond acceptors (Lipinski definition) is 2. The van der Waals surface area contributed by atoms with Crippen LogP contribution in [0.2, 0.25) is 0 Å². The Kier molecular flexibility index (Phi) is 7.39. The standard InChI is InChI=1S/C13H28N2O/c1-6-11(7-2)10(5)15-13(16)8-12(14)9(3)4/h9-12H,6-8,14H2,1-5H3,(H,15,16). The van der Waals surface area contributed by atoms with Crippen LogP contribution in [-0.2, 0) is 4.79 Å². The summed E-state index contributed by atoms with van der Waals surface area (Å²) in [5.74, 6) is 1.01. The number of nitrogens with one attached hydrogen (secondary N) is 1. The van der Waals surface area contributed by atoms with Crippen LogP contribution in [0.15, 0.2) is 0 Å². The van der Waals surface area contributed by atoms with Gasteiger partial charge < -0.3 is 11.1 Å². The summed E-state index contributed by atoms with van der Waals surface area (Å²) in [5, 5.41) is 3.05. The molecular formula is C13H28N2O. The van der Waals surface area contributed by atoms with Crippen LogP contribution in [0.4, 0.5) is 0 Å². The molecule has 2 atom stereocenters. The maximum Gasteiger partial charge on any atom is 0.221 e. The maximum absolute atomic E-state index is 11.7. The van der Waals surface area contributed by atoms with Crippen molar-refractivity contribution in [3.8, 4) is 0 Å². The highest BCUT2D eigenvalue weighted by atomic mass is 16.1. The van der Waals surface area contributed by atoms with E-state index in [1.54, 1.807) is 0 Å². The summed E-state index contributed by atoms with van der Waals surface area (Å²) in [5.41, 5.74) is 5.87.